The minimum Gasteiger partial charge on any atom is -0.475 e. The van der Waals surface area contributed by atoms with Crippen molar-refractivity contribution in [2.24, 2.45) is 5.92 Å². The maximum atomic E-state index is 14.7. The smallest absolute Gasteiger partial charge is 0.475 e. The molecule has 12 nitrogen and oxygen atoms in total. The van der Waals surface area contributed by atoms with Crippen LogP contribution in [-0.2, 0) is 20.8 Å². The molecular weight excluding hydrogens is 817 g/mol. The third-order valence-corrected chi connectivity index (χ3v) is 9.81. The van der Waals surface area contributed by atoms with Crippen LogP contribution in [-0.4, -0.2) is 121 Å². The summed E-state index contributed by atoms with van der Waals surface area (Å²) in [7, 11) is 4.08. The van der Waals surface area contributed by atoms with E-state index in [4.69, 9.17) is 31.4 Å². The third-order valence-electron chi connectivity index (χ3n) is 9.57. The van der Waals surface area contributed by atoms with Crippen LogP contribution in [0.3, 0.4) is 0 Å². The van der Waals surface area contributed by atoms with E-state index in [-0.39, 0.29) is 29.6 Å². The number of para-hydroxylation sites is 1. The van der Waals surface area contributed by atoms with Crippen molar-refractivity contribution in [1.29, 1.82) is 0 Å². The van der Waals surface area contributed by atoms with Crippen LogP contribution in [0.15, 0.2) is 72.9 Å². The van der Waals surface area contributed by atoms with Crippen molar-refractivity contribution in [3.05, 3.63) is 94.9 Å². The number of amides is 3. The van der Waals surface area contributed by atoms with Crippen molar-refractivity contribution in [3.63, 3.8) is 0 Å². The lowest BCUT2D eigenvalue weighted by atomic mass is 9.88. The van der Waals surface area contributed by atoms with Gasteiger partial charge in [0.05, 0.1) is 0 Å². The van der Waals surface area contributed by atoms with Gasteiger partial charge in [-0.05, 0) is 86.1 Å². The van der Waals surface area contributed by atoms with Gasteiger partial charge >= 0.3 is 30.3 Å². The number of benzene rings is 3. The second-order valence-corrected chi connectivity index (χ2v) is 14.6. The Bertz CT molecular complexity index is 2060. The molecule has 320 valence electrons. The normalized spacial score (nSPS) is 16.5. The molecule has 2 aliphatic heterocycles. The summed E-state index contributed by atoms with van der Waals surface area (Å²) in [5.74, 6) is -6.03. The van der Waals surface area contributed by atoms with Crippen molar-refractivity contribution < 1.29 is 60.1 Å². The van der Waals surface area contributed by atoms with Gasteiger partial charge in [-0.2, -0.15) is 26.3 Å². The number of carbonyl (C=O) groups excluding carboxylic acids is 2. The van der Waals surface area contributed by atoms with Gasteiger partial charge in [0.25, 0.3) is 0 Å². The van der Waals surface area contributed by atoms with Crippen LogP contribution in [0.5, 0.6) is 0 Å². The monoisotopic (exact) mass is 858 g/mol. The van der Waals surface area contributed by atoms with Gasteiger partial charge in [-0.3, -0.25) is 4.79 Å². The minimum absolute atomic E-state index is 0.141. The molecule has 2 unspecified atom stereocenters. The molecule has 4 aromatic rings. The van der Waals surface area contributed by atoms with Gasteiger partial charge in [-0.25, -0.2) is 18.8 Å². The SMILES string of the molecule is CC(c1c[nH]c2ccccc12)C(NC(=O)N1CCN(c2ccc(F)cc2)CC1)C(=O)N1C[C@@H](CN(C)C)Cc2cc(Cl)ccc21.O=C(O)C(F)(F)F.O=C(O)C(F)(F)F. The Hall–Kier alpha value is -5.56. The molecule has 0 spiro atoms. The highest BCUT2D eigenvalue weighted by Crippen LogP contribution is 2.35. The predicted octanol–water partition coefficient (Wildman–Crippen LogP) is 7.00. The first-order chi connectivity index (χ1) is 27.6. The zero-order valence-electron chi connectivity index (χ0n) is 31.9. The van der Waals surface area contributed by atoms with Crippen molar-refractivity contribution in [2.75, 3.05) is 63.2 Å². The van der Waals surface area contributed by atoms with Crippen LogP contribution >= 0.6 is 11.6 Å². The number of carboxylic acid groups (broad SMARTS) is 2. The molecule has 1 fully saturated rings. The van der Waals surface area contributed by atoms with E-state index in [9.17, 15) is 40.3 Å². The van der Waals surface area contributed by atoms with Gasteiger partial charge in [0, 0.05) is 78.7 Å². The van der Waals surface area contributed by atoms with E-state index in [1.54, 1.807) is 17.0 Å². The van der Waals surface area contributed by atoms with Crippen LogP contribution < -0.4 is 15.1 Å². The van der Waals surface area contributed by atoms with Crippen LogP contribution in [0, 0.1) is 11.7 Å². The maximum absolute atomic E-state index is 14.7. The number of rotatable bonds is 7. The number of anilines is 2. The molecule has 1 aromatic heterocycles. The van der Waals surface area contributed by atoms with E-state index in [1.165, 1.54) is 12.1 Å². The molecule has 20 heteroatoms. The summed E-state index contributed by atoms with van der Waals surface area (Å²) in [6.45, 7) is 5.58. The number of aromatic amines is 1. The summed E-state index contributed by atoms with van der Waals surface area (Å²) in [6, 6.07) is 19.1. The Labute approximate surface area is 339 Å². The molecule has 3 amide bonds. The van der Waals surface area contributed by atoms with Crippen molar-refractivity contribution in [1.82, 2.24) is 20.1 Å². The number of aliphatic carboxylic acids is 2. The highest BCUT2D eigenvalue weighted by atomic mass is 35.5. The lowest BCUT2D eigenvalue weighted by molar-refractivity contribution is -0.193. The van der Waals surface area contributed by atoms with Crippen molar-refractivity contribution in [2.45, 2.75) is 37.7 Å². The van der Waals surface area contributed by atoms with Crippen LogP contribution in [0.25, 0.3) is 10.9 Å². The predicted molar refractivity (Wildman–Crippen MR) is 206 cm³/mol. The Kier molecular flexibility index (Phi) is 15.2. The van der Waals surface area contributed by atoms with Gasteiger partial charge < -0.3 is 40.1 Å². The molecule has 1 saturated heterocycles. The van der Waals surface area contributed by atoms with Crippen LogP contribution in [0.2, 0.25) is 5.02 Å². The number of H-pyrrole nitrogens is 1. The van der Waals surface area contributed by atoms with E-state index < -0.39 is 30.3 Å². The average molecular weight is 859 g/mol. The Balaban J connectivity index is 0.000000471. The van der Waals surface area contributed by atoms with Gasteiger partial charge in [0.15, 0.2) is 0 Å². The topological polar surface area (TPSA) is 150 Å². The van der Waals surface area contributed by atoms with Gasteiger partial charge in [0.2, 0.25) is 5.91 Å². The van der Waals surface area contributed by atoms with E-state index in [2.05, 4.69) is 20.1 Å². The summed E-state index contributed by atoms with van der Waals surface area (Å²) in [6.07, 6.45) is -7.40. The third kappa shape index (κ3) is 12.5. The average Bonchev–Trinajstić information content (AvgIpc) is 3.60. The maximum Gasteiger partial charge on any atom is 0.490 e. The van der Waals surface area contributed by atoms with Crippen LogP contribution in [0.1, 0.15) is 24.0 Å². The Morgan fingerprint density at radius 1 is 0.898 bits per heavy atom. The molecule has 0 radical (unpaired) electrons. The highest BCUT2D eigenvalue weighted by Gasteiger charge is 2.40. The molecule has 4 N–H and O–H groups in total. The zero-order chi connectivity index (χ0) is 43.8. The first-order valence-electron chi connectivity index (χ1n) is 18.0. The summed E-state index contributed by atoms with van der Waals surface area (Å²) in [5.41, 5.74) is 4.77. The van der Waals surface area contributed by atoms with Gasteiger partial charge in [0.1, 0.15) is 11.9 Å². The molecule has 3 heterocycles. The molecule has 3 aromatic carbocycles. The molecule has 59 heavy (non-hydrogen) atoms. The number of nitrogens with zero attached hydrogens (tertiary/aromatic N) is 4. The Morgan fingerprint density at radius 2 is 1.47 bits per heavy atom. The number of halogens is 8. The first-order valence-corrected chi connectivity index (χ1v) is 18.4. The number of aromatic nitrogens is 1. The number of urea groups is 1. The summed E-state index contributed by atoms with van der Waals surface area (Å²) in [5, 5.41) is 19.1. The number of hydrogen-bond donors (Lipinski definition) is 4. The zero-order valence-corrected chi connectivity index (χ0v) is 32.7. The lowest BCUT2D eigenvalue weighted by Crippen LogP contribution is -2.58. The number of fused-ring (bicyclic) bond motifs is 2. The summed E-state index contributed by atoms with van der Waals surface area (Å²) >= 11 is 6.40. The van der Waals surface area contributed by atoms with Gasteiger partial charge in [-0.1, -0.05) is 36.7 Å². The van der Waals surface area contributed by atoms with Crippen LogP contribution in [0.4, 0.5) is 46.9 Å². The molecule has 3 atom stereocenters. The summed E-state index contributed by atoms with van der Waals surface area (Å²) in [4.78, 5) is 57.6. The fourth-order valence-corrected chi connectivity index (χ4v) is 7.02. The number of carboxylic acids is 2. The number of piperazine rings is 1. The fraction of sp³-hybridized carbons (Fsp3) is 0.385. The van der Waals surface area contributed by atoms with Gasteiger partial charge in [-0.15, -0.1) is 0 Å². The van der Waals surface area contributed by atoms with Crippen molar-refractivity contribution in [3.8, 4) is 0 Å². The molecule has 0 saturated carbocycles. The van der Waals surface area contributed by atoms with E-state index in [0.717, 1.165) is 46.4 Å². The van der Waals surface area contributed by atoms with Crippen molar-refractivity contribution >= 4 is 57.8 Å². The minimum atomic E-state index is -5.08. The van der Waals surface area contributed by atoms with E-state index in [1.807, 2.05) is 74.6 Å². The second kappa shape index (κ2) is 19.5. The lowest BCUT2D eigenvalue weighted by Gasteiger charge is -2.40. The fourth-order valence-electron chi connectivity index (χ4n) is 6.82. The Morgan fingerprint density at radius 3 is 2.03 bits per heavy atom. The first kappa shape index (κ1) is 46.1. The summed E-state index contributed by atoms with van der Waals surface area (Å²) < 4.78 is 76.9. The second-order valence-electron chi connectivity index (χ2n) is 14.1. The quantitative estimate of drug-likeness (QED) is 0.145. The highest BCUT2D eigenvalue weighted by molar-refractivity contribution is 6.30. The molecule has 0 aliphatic carbocycles. The van der Waals surface area contributed by atoms with E-state index >= 15 is 0 Å². The van der Waals surface area contributed by atoms with E-state index in [0.29, 0.717) is 37.7 Å². The molecule has 6 rings (SSSR count). The molecular formula is C39H42ClF7N6O6. The molecule has 0 bridgehead atoms. The number of hydrogen-bond acceptors (Lipinski definition) is 6. The number of alkyl halides is 6. The largest absolute Gasteiger partial charge is 0.490 e. The number of nitrogens with one attached hydrogen (secondary N) is 2. The standard InChI is InChI=1S/C35H40ClFN6O2.2C2HF3O2/c1-23(30-20-38-31-7-5-4-6-29(30)31)33(39-35(45)42-16-14-41(15-17-42)28-11-9-27(37)10-12-28)34(44)43-22-24(21-40(2)3)18-25-19-26(36)8-13-32(25)43;2*3-2(4,5)1(6)7/h4-13,19-20,23-24,33,38H,14-18,21-22H2,1-3H3,(H,39,45);2*(H,6,7)/t23?,24-,33?;;/m1../s1. The number of carbonyl (C=O) groups is 4. The molecule has 2 aliphatic rings.